The highest BCUT2D eigenvalue weighted by Crippen LogP contribution is 2.29. The van der Waals surface area contributed by atoms with Crippen molar-refractivity contribution < 1.29 is 38.7 Å². The van der Waals surface area contributed by atoms with Crippen LogP contribution in [0.25, 0.3) is 0 Å². The minimum Gasteiger partial charge on any atom is -0.381 e. The Morgan fingerprint density at radius 2 is 1.59 bits per heavy atom. The van der Waals surface area contributed by atoms with Gasteiger partial charge in [-0.2, -0.15) is 0 Å². The fourth-order valence-electron chi connectivity index (χ4n) is 6.79. The molecule has 1 aromatic rings. The molecule has 0 radical (unpaired) electrons. The van der Waals surface area contributed by atoms with E-state index in [1.807, 2.05) is 6.92 Å². The third-order valence-corrected chi connectivity index (χ3v) is 10.8. The molecule has 16 heteroatoms. The number of rotatable bonds is 18. The topological polar surface area (TPSA) is 243 Å². The van der Waals surface area contributed by atoms with Crippen LogP contribution in [0.1, 0.15) is 102 Å². The maximum absolute atomic E-state index is 14.0. The molecule has 7 atom stereocenters. The average molecular weight is 734 g/mol. The predicted molar refractivity (Wildman–Crippen MR) is 191 cm³/mol. The first kappa shape index (κ1) is 41.4. The Balaban J connectivity index is 1.80. The molecule has 1 saturated carbocycles. The molecule has 2 aliphatic rings. The second-order valence-electron chi connectivity index (χ2n) is 14.2. The van der Waals surface area contributed by atoms with Crippen LogP contribution in [0.2, 0.25) is 0 Å². The average Bonchev–Trinajstić information content (AvgIpc) is 3.81. The van der Waals surface area contributed by atoms with Gasteiger partial charge in [-0.15, -0.1) is 11.3 Å². The second-order valence-corrected chi connectivity index (χ2v) is 15.1. The summed E-state index contributed by atoms with van der Waals surface area (Å²) in [6.45, 7) is 7.28. The summed E-state index contributed by atoms with van der Waals surface area (Å²) in [5.74, 6) is -5.30. The lowest BCUT2D eigenvalue weighted by molar-refractivity contribution is -0.148. The van der Waals surface area contributed by atoms with E-state index in [-0.39, 0.29) is 37.1 Å². The van der Waals surface area contributed by atoms with E-state index < -0.39 is 84.1 Å². The van der Waals surface area contributed by atoms with Crippen LogP contribution < -0.4 is 32.7 Å². The third-order valence-electron chi connectivity index (χ3n) is 9.95. The molecular weight excluding hydrogens is 678 g/mol. The highest BCUT2D eigenvalue weighted by molar-refractivity contribution is 7.12. The van der Waals surface area contributed by atoms with Crippen LogP contribution in [0, 0.1) is 17.8 Å². The van der Waals surface area contributed by atoms with Crippen LogP contribution in [0.15, 0.2) is 17.5 Å². The Morgan fingerprint density at radius 3 is 2.16 bits per heavy atom. The van der Waals surface area contributed by atoms with Gasteiger partial charge in [-0.25, -0.2) is 0 Å². The Bertz CT molecular complexity index is 1380. The molecule has 1 aliphatic heterocycles. The molecule has 0 unspecified atom stereocenters. The number of aliphatic hydroxyl groups is 1. The molecule has 51 heavy (non-hydrogen) atoms. The van der Waals surface area contributed by atoms with Gasteiger partial charge in [-0.05, 0) is 48.5 Å². The first-order chi connectivity index (χ1) is 24.1. The predicted octanol–water partition coefficient (Wildman–Crippen LogP) is 0.686. The molecule has 2 heterocycles. The number of nitrogens with zero attached hydrogens (tertiary/aromatic N) is 1. The van der Waals surface area contributed by atoms with E-state index in [9.17, 15) is 38.7 Å². The highest BCUT2D eigenvalue weighted by atomic mass is 32.1. The number of nitrogens with two attached hydrogens (primary N) is 2. The van der Waals surface area contributed by atoms with Gasteiger partial charge in [0.25, 0.3) is 11.8 Å². The molecule has 3 rings (SSSR count). The zero-order valence-electron chi connectivity index (χ0n) is 30.0. The van der Waals surface area contributed by atoms with E-state index in [4.69, 9.17) is 11.5 Å². The van der Waals surface area contributed by atoms with Crippen LogP contribution in [0.5, 0.6) is 0 Å². The monoisotopic (exact) mass is 733 g/mol. The van der Waals surface area contributed by atoms with Crippen molar-refractivity contribution in [3.8, 4) is 0 Å². The molecular formula is C35H55N7O8S. The van der Waals surface area contributed by atoms with Gasteiger partial charge in [0.15, 0.2) is 6.10 Å². The zero-order valence-corrected chi connectivity index (χ0v) is 30.8. The van der Waals surface area contributed by atoms with Gasteiger partial charge < -0.3 is 42.7 Å². The number of nitrogens with one attached hydrogen (secondary N) is 4. The number of primary amides is 2. The van der Waals surface area contributed by atoms with E-state index in [1.165, 1.54) is 4.90 Å². The summed E-state index contributed by atoms with van der Waals surface area (Å²) in [6.07, 6.45) is 3.96. The van der Waals surface area contributed by atoms with E-state index in [1.54, 1.807) is 38.3 Å². The van der Waals surface area contributed by atoms with E-state index in [0.717, 1.165) is 43.4 Å². The highest BCUT2D eigenvalue weighted by Gasteiger charge is 2.42. The first-order valence-corrected chi connectivity index (χ1v) is 18.8. The largest absolute Gasteiger partial charge is 0.381 e. The third kappa shape index (κ3) is 11.7. The molecule has 7 amide bonds. The fraction of sp³-hybridized carbons (Fsp3) is 0.686. The van der Waals surface area contributed by atoms with Crippen LogP contribution in [-0.4, -0.2) is 94.2 Å². The molecule has 284 valence electrons. The molecule has 0 spiro atoms. The van der Waals surface area contributed by atoms with Crippen LogP contribution >= 0.6 is 11.3 Å². The standard InChI is InChI=1S/C35H55N7O8S/c1-5-20(4)28(34(49)40-27(19(2)3)30(37)45)41-32(47)24-13-9-15-42(24)35(50)29(44)22(17-21-11-7-6-8-12-21)38-31(46)23(18-26(36)43)39-33(48)25-14-10-16-51-25/h10,14,16,19-24,27-29,44H,5-9,11-13,15,17-18H2,1-4H3,(H2,36,43)(H2,37,45)(H,38,46)(H,39,48)(H,40,49)(H,41,47)/t20-,22+,23+,24+,27+,28+,29+/m1/s1. The summed E-state index contributed by atoms with van der Waals surface area (Å²) in [5, 5.41) is 24.0. The lowest BCUT2D eigenvalue weighted by Gasteiger charge is -2.34. The summed E-state index contributed by atoms with van der Waals surface area (Å²) < 4.78 is 0. The number of likely N-dealkylation sites (tertiary alicyclic amines) is 1. The molecule has 2 fully saturated rings. The van der Waals surface area contributed by atoms with Gasteiger partial charge in [-0.3, -0.25) is 33.6 Å². The Hall–Kier alpha value is -4.05. The lowest BCUT2D eigenvalue weighted by atomic mass is 9.83. The van der Waals surface area contributed by atoms with Crippen molar-refractivity contribution in [3.63, 3.8) is 0 Å². The van der Waals surface area contributed by atoms with Gasteiger partial charge in [-0.1, -0.05) is 72.3 Å². The summed E-state index contributed by atoms with van der Waals surface area (Å²) >= 11 is 1.15. The molecule has 0 aromatic carbocycles. The minimum atomic E-state index is -1.75. The lowest BCUT2D eigenvalue weighted by Crippen LogP contribution is -2.60. The number of carbonyl (C=O) groups is 7. The van der Waals surface area contributed by atoms with Crippen molar-refractivity contribution in [2.75, 3.05) is 6.54 Å². The van der Waals surface area contributed by atoms with Crippen molar-refractivity contribution in [2.45, 2.75) is 128 Å². The molecule has 0 bridgehead atoms. The Labute approximate surface area is 303 Å². The van der Waals surface area contributed by atoms with Crippen molar-refractivity contribution in [1.29, 1.82) is 0 Å². The SMILES string of the molecule is CC[C@@H](C)[C@H](NC(=O)[C@@H]1CCCN1C(=O)[C@@H](O)[C@H](CC1CCCCC1)NC(=O)[C@H](CC(N)=O)NC(=O)c1cccs1)C(=O)N[C@H](C(N)=O)C(C)C. The van der Waals surface area contributed by atoms with Crippen LogP contribution in [0.4, 0.5) is 0 Å². The molecule has 1 aliphatic carbocycles. The first-order valence-electron chi connectivity index (χ1n) is 18.0. The van der Waals surface area contributed by atoms with Gasteiger partial charge >= 0.3 is 0 Å². The van der Waals surface area contributed by atoms with E-state index in [2.05, 4.69) is 21.3 Å². The fourth-order valence-corrected chi connectivity index (χ4v) is 7.41. The summed E-state index contributed by atoms with van der Waals surface area (Å²) in [5.41, 5.74) is 10.9. The summed E-state index contributed by atoms with van der Waals surface area (Å²) in [4.78, 5) is 92.9. The number of carbonyl (C=O) groups excluding carboxylic acids is 7. The van der Waals surface area contributed by atoms with Gasteiger partial charge in [0.2, 0.25) is 29.5 Å². The van der Waals surface area contributed by atoms with Crippen LogP contribution in [0.3, 0.4) is 0 Å². The van der Waals surface area contributed by atoms with Crippen LogP contribution in [-0.2, 0) is 28.8 Å². The smallest absolute Gasteiger partial charge is 0.262 e. The van der Waals surface area contributed by atoms with E-state index >= 15 is 0 Å². The summed E-state index contributed by atoms with van der Waals surface area (Å²) in [6, 6.07) is -2.17. The number of aliphatic hydroxyl groups excluding tert-OH is 1. The Morgan fingerprint density at radius 1 is 0.902 bits per heavy atom. The maximum Gasteiger partial charge on any atom is 0.262 e. The molecule has 1 saturated heterocycles. The van der Waals surface area contributed by atoms with Gasteiger partial charge in [0, 0.05) is 6.54 Å². The number of hydrogen-bond donors (Lipinski definition) is 7. The number of thiophene rings is 1. The number of hydrogen-bond acceptors (Lipinski definition) is 9. The molecule has 9 N–H and O–H groups in total. The Kier molecular flexibility index (Phi) is 15.8. The summed E-state index contributed by atoms with van der Waals surface area (Å²) in [7, 11) is 0. The van der Waals surface area contributed by atoms with Crippen molar-refractivity contribution in [1.82, 2.24) is 26.2 Å². The normalized spacial score (nSPS) is 20.0. The van der Waals surface area contributed by atoms with Crippen molar-refractivity contribution in [2.24, 2.45) is 29.2 Å². The minimum absolute atomic E-state index is 0.101. The van der Waals surface area contributed by atoms with E-state index in [0.29, 0.717) is 17.7 Å². The van der Waals surface area contributed by atoms with Crippen molar-refractivity contribution >= 4 is 52.7 Å². The quantitative estimate of drug-likeness (QED) is 0.113. The second kappa shape index (κ2) is 19.5. The number of amides is 7. The molecule has 15 nitrogen and oxygen atoms in total. The molecule has 1 aromatic heterocycles. The van der Waals surface area contributed by atoms with Gasteiger partial charge in [0.05, 0.1) is 17.3 Å². The maximum atomic E-state index is 14.0. The van der Waals surface area contributed by atoms with Gasteiger partial charge in [0.1, 0.15) is 24.2 Å². The zero-order chi connectivity index (χ0) is 37.8. The van der Waals surface area contributed by atoms with Crippen molar-refractivity contribution in [3.05, 3.63) is 22.4 Å².